The Labute approximate surface area is 112 Å². The van der Waals surface area contributed by atoms with Crippen LogP contribution in [0.3, 0.4) is 0 Å². The number of aryl methyl sites for hydroxylation is 1. The molecule has 0 bridgehead atoms. The molecule has 3 nitrogen and oxygen atoms in total. The molecule has 0 aliphatic carbocycles. The molecule has 0 aliphatic rings. The molecule has 1 aromatic heterocycles. The molecule has 1 aromatic carbocycles. The maximum atomic E-state index is 6.10. The standard InChI is InChI=1S/C14H17ClN2O/c1-3-4-12(16)14-8-13(17-18-14)10-6-5-9(2)11(15)7-10/h5-8,12H,3-4,16H2,1-2H3. The molecular weight excluding hydrogens is 248 g/mol. The van der Waals surface area contributed by atoms with E-state index in [0.29, 0.717) is 0 Å². The van der Waals surface area contributed by atoms with Gasteiger partial charge in [0.1, 0.15) is 5.69 Å². The summed E-state index contributed by atoms with van der Waals surface area (Å²) in [5, 5.41) is 4.78. The number of nitrogens with two attached hydrogens (primary N) is 1. The quantitative estimate of drug-likeness (QED) is 0.904. The van der Waals surface area contributed by atoms with Crippen molar-refractivity contribution < 1.29 is 4.52 Å². The monoisotopic (exact) mass is 264 g/mol. The van der Waals surface area contributed by atoms with Gasteiger partial charge >= 0.3 is 0 Å². The highest BCUT2D eigenvalue weighted by Gasteiger charge is 2.13. The lowest BCUT2D eigenvalue weighted by atomic mass is 10.1. The molecule has 2 aromatic rings. The second-order valence-electron chi connectivity index (χ2n) is 4.47. The van der Waals surface area contributed by atoms with E-state index in [1.54, 1.807) is 0 Å². The van der Waals surface area contributed by atoms with Gasteiger partial charge in [-0.3, -0.25) is 0 Å². The van der Waals surface area contributed by atoms with Crippen LogP contribution in [0.1, 0.15) is 37.1 Å². The first-order valence-electron chi connectivity index (χ1n) is 6.10. The minimum Gasteiger partial charge on any atom is -0.359 e. The van der Waals surface area contributed by atoms with Crippen molar-refractivity contribution in [3.8, 4) is 11.3 Å². The van der Waals surface area contributed by atoms with E-state index in [0.717, 1.165) is 40.4 Å². The predicted molar refractivity (Wildman–Crippen MR) is 73.5 cm³/mol. The Balaban J connectivity index is 2.26. The first-order valence-corrected chi connectivity index (χ1v) is 6.48. The van der Waals surface area contributed by atoms with Crippen LogP contribution >= 0.6 is 11.6 Å². The summed E-state index contributed by atoms with van der Waals surface area (Å²) in [4.78, 5) is 0. The van der Waals surface area contributed by atoms with Crippen LogP contribution < -0.4 is 5.73 Å². The van der Waals surface area contributed by atoms with Crippen molar-refractivity contribution in [2.24, 2.45) is 5.73 Å². The van der Waals surface area contributed by atoms with Gasteiger partial charge in [0.15, 0.2) is 5.76 Å². The van der Waals surface area contributed by atoms with Crippen LogP contribution in [0, 0.1) is 6.92 Å². The molecule has 0 fully saturated rings. The number of rotatable bonds is 4. The van der Waals surface area contributed by atoms with E-state index < -0.39 is 0 Å². The van der Waals surface area contributed by atoms with Gasteiger partial charge in [-0.25, -0.2) is 0 Å². The third kappa shape index (κ3) is 2.74. The molecule has 18 heavy (non-hydrogen) atoms. The number of nitrogens with zero attached hydrogens (tertiary/aromatic N) is 1. The van der Waals surface area contributed by atoms with Gasteiger partial charge in [0, 0.05) is 16.7 Å². The maximum absolute atomic E-state index is 6.10. The molecule has 0 saturated carbocycles. The lowest BCUT2D eigenvalue weighted by Gasteiger charge is -2.03. The molecule has 1 atom stereocenters. The molecule has 1 heterocycles. The summed E-state index contributed by atoms with van der Waals surface area (Å²) >= 11 is 6.10. The summed E-state index contributed by atoms with van der Waals surface area (Å²) in [6, 6.07) is 7.65. The van der Waals surface area contributed by atoms with E-state index in [4.69, 9.17) is 21.9 Å². The van der Waals surface area contributed by atoms with E-state index >= 15 is 0 Å². The number of hydrogen-bond donors (Lipinski definition) is 1. The van der Waals surface area contributed by atoms with Crippen molar-refractivity contribution in [2.75, 3.05) is 0 Å². The Morgan fingerprint density at radius 1 is 1.39 bits per heavy atom. The highest BCUT2D eigenvalue weighted by molar-refractivity contribution is 6.31. The summed E-state index contributed by atoms with van der Waals surface area (Å²) in [7, 11) is 0. The Bertz CT molecular complexity index is 536. The Kier molecular flexibility index (Phi) is 4.04. The second kappa shape index (κ2) is 5.55. The zero-order chi connectivity index (χ0) is 13.1. The molecule has 0 amide bonds. The number of benzene rings is 1. The first-order chi connectivity index (χ1) is 8.61. The van der Waals surface area contributed by atoms with E-state index in [1.165, 1.54) is 0 Å². The van der Waals surface area contributed by atoms with Crippen LogP contribution in [0.5, 0.6) is 0 Å². The SMILES string of the molecule is CCCC(N)c1cc(-c2ccc(C)c(Cl)c2)no1. The van der Waals surface area contributed by atoms with Gasteiger partial charge in [0.05, 0.1) is 6.04 Å². The summed E-state index contributed by atoms with van der Waals surface area (Å²) < 4.78 is 5.29. The number of hydrogen-bond acceptors (Lipinski definition) is 3. The van der Waals surface area contributed by atoms with Gasteiger partial charge in [0.25, 0.3) is 0 Å². The van der Waals surface area contributed by atoms with E-state index in [2.05, 4.69) is 12.1 Å². The maximum Gasteiger partial charge on any atom is 0.154 e. The molecule has 2 rings (SSSR count). The van der Waals surface area contributed by atoms with Crippen LogP contribution in [0.25, 0.3) is 11.3 Å². The van der Waals surface area contributed by atoms with E-state index in [1.807, 2.05) is 31.2 Å². The fourth-order valence-corrected chi connectivity index (χ4v) is 1.99. The molecule has 0 saturated heterocycles. The van der Waals surface area contributed by atoms with Gasteiger partial charge in [-0.15, -0.1) is 0 Å². The molecule has 0 spiro atoms. The van der Waals surface area contributed by atoms with Crippen molar-refractivity contribution in [3.05, 3.63) is 40.6 Å². The van der Waals surface area contributed by atoms with Crippen LogP contribution in [0.4, 0.5) is 0 Å². The summed E-state index contributed by atoms with van der Waals surface area (Å²) in [6.07, 6.45) is 1.91. The van der Waals surface area contributed by atoms with Crippen LogP contribution in [-0.4, -0.2) is 5.16 Å². The van der Waals surface area contributed by atoms with Crippen molar-refractivity contribution in [3.63, 3.8) is 0 Å². The third-order valence-corrected chi connectivity index (χ3v) is 3.37. The molecule has 96 valence electrons. The smallest absolute Gasteiger partial charge is 0.154 e. The van der Waals surface area contributed by atoms with Crippen molar-refractivity contribution in [2.45, 2.75) is 32.7 Å². The predicted octanol–water partition coefficient (Wildman–Crippen LogP) is 4.10. The third-order valence-electron chi connectivity index (χ3n) is 2.96. The minimum atomic E-state index is -0.0860. The van der Waals surface area contributed by atoms with E-state index in [9.17, 15) is 0 Å². The normalized spacial score (nSPS) is 12.7. The first kappa shape index (κ1) is 13.1. The molecule has 0 aliphatic heterocycles. The van der Waals surface area contributed by atoms with Gasteiger partial charge in [-0.2, -0.15) is 0 Å². The fraction of sp³-hybridized carbons (Fsp3) is 0.357. The van der Waals surface area contributed by atoms with Crippen LogP contribution in [0.2, 0.25) is 5.02 Å². The number of halogens is 1. The van der Waals surface area contributed by atoms with Gasteiger partial charge in [-0.1, -0.05) is 42.2 Å². The highest BCUT2D eigenvalue weighted by atomic mass is 35.5. The molecular formula is C14H17ClN2O. The van der Waals surface area contributed by atoms with Crippen molar-refractivity contribution in [1.29, 1.82) is 0 Å². The zero-order valence-electron chi connectivity index (χ0n) is 10.6. The van der Waals surface area contributed by atoms with Crippen LogP contribution in [-0.2, 0) is 0 Å². The Morgan fingerprint density at radius 2 is 2.17 bits per heavy atom. The van der Waals surface area contributed by atoms with Gasteiger partial charge in [-0.05, 0) is 25.0 Å². The number of aromatic nitrogens is 1. The van der Waals surface area contributed by atoms with Crippen LogP contribution in [0.15, 0.2) is 28.8 Å². The largest absolute Gasteiger partial charge is 0.359 e. The average molecular weight is 265 g/mol. The zero-order valence-corrected chi connectivity index (χ0v) is 11.4. The topological polar surface area (TPSA) is 52.0 Å². The van der Waals surface area contributed by atoms with Crippen molar-refractivity contribution in [1.82, 2.24) is 5.16 Å². The Hall–Kier alpha value is -1.32. The summed E-state index contributed by atoms with van der Waals surface area (Å²) in [5.74, 6) is 0.726. The van der Waals surface area contributed by atoms with Gasteiger partial charge in [0.2, 0.25) is 0 Å². The minimum absolute atomic E-state index is 0.0860. The fourth-order valence-electron chi connectivity index (χ4n) is 1.81. The van der Waals surface area contributed by atoms with Crippen molar-refractivity contribution >= 4 is 11.6 Å². The molecule has 1 unspecified atom stereocenters. The highest BCUT2D eigenvalue weighted by Crippen LogP contribution is 2.27. The molecule has 2 N–H and O–H groups in total. The van der Waals surface area contributed by atoms with E-state index in [-0.39, 0.29) is 6.04 Å². The summed E-state index contributed by atoms with van der Waals surface area (Å²) in [5.41, 5.74) is 8.76. The lowest BCUT2D eigenvalue weighted by molar-refractivity contribution is 0.356. The Morgan fingerprint density at radius 3 is 2.83 bits per heavy atom. The molecule has 4 heteroatoms. The average Bonchev–Trinajstić information content (AvgIpc) is 2.82. The second-order valence-corrected chi connectivity index (χ2v) is 4.88. The molecule has 0 radical (unpaired) electrons. The lowest BCUT2D eigenvalue weighted by Crippen LogP contribution is -2.08. The van der Waals surface area contributed by atoms with Gasteiger partial charge < -0.3 is 10.3 Å². The summed E-state index contributed by atoms with van der Waals surface area (Å²) in [6.45, 7) is 4.06.